The van der Waals surface area contributed by atoms with Gasteiger partial charge in [-0.3, -0.25) is 4.99 Å². The van der Waals surface area contributed by atoms with Crippen molar-refractivity contribution in [2.24, 2.45) is 10.9 Å². The van der Waals surface area contributed by atoms with E-state index in [9.17, 15) is 0 Å². The zero-order valence-corrected chi connectivity index (χ0v) is 14.6. The molecule has 0 heterocycles. The van der Waals surface area contributed by atoms with Crippen molar-refractivity contribution in [3.63, 3.8) is 0 Å². The summed E-state index contributed by atoms with van der Waals surface area (Å²) in [6.45, 7) is 2.97. The number of aliphatic imine (C=N–C) groups is 1. The van der Waals surface area contributed by atoms with Crippen molar-refractivity contribution in [2.75, 3.05) is 34.9 Å². The van der Waals surface area contributed by atoms with Gasteiger partial charge in [-0.1, -0.05) is 6.92 Å². The Morgan fingerprint density at radius 3 is 2.22 bits per heavy atom. The molecular weight excluding hydrogens is 294 g/mol. The molecule has 2 atom stereocenters. The maximum absolute atomic E-state index is 5.47. The second-order valence-electron chi connectivity index (χ2n) is 5.72. The Labute approximate surface area is 138 Å². The van der Waals surface area contributed by atoms with Crippen LogP contribution in [0.3, 0.4) is 0 Å². The molecule has 0 spiro atoms. The van der Waals surface area contributed by atoms with Crippen LogP contribution in [0.15, 0.2) is 17.1 Å². The average molecular weight is 321 g/mol. The third-order valence-corrected chi connectivity index (χ3v) is 4.14. The van der Waals surface area contributed by atoms with Gasteiger partial charge >= 0.3 is 0 Å². The average Bonchev–Trinajstić information content (AvgIpc) is 3.28. The molecule has 6 nitrogen and oxygen atoms in total. The molecule has 1 aliphatic rings. The molecule has 1 aliphatic carbocycles. The van der Waals surface area contributed by atoms with Gasteiger partial charge in [-0.25, -0.2) is 0 Å². The number of hydrogen-bond donors (Lipinski definition) is 2. The summed E-state index contributed by atoms with van der Waals surface area (Å²) in [6.07, 6.45) is 1.97. The van der Waals surface area contributed by atoms with Crippen LogP contribution in [0.2, 0.25) is 0 Å². The highest BCUT2D eigenvalue weighted by atomic mass is 16.5. The van der Waals surface area contributed by atoms with E-state index in [4.69, 9.17) is 14.2 Å². The van der Waals surface area contributed by atoms with Crippen molar-refractivity contribution in [3.8, 4) is 17.2 Å². The molecule has 0 aliphatic heterocycles. The van der Waals surface area contributed by atoms with Gasteiger partial charge < -0.3 is 24.8 Å². The standard InChI is InChI=1S/C17H27N3O3/c1-11-8-14(11)20-17(18-2)19-7-6-13-15(22-4)9-12(21-3)10-16(13)23-5/h9-11,14H,6-8H2,1-5H3,(H2,18,19,20). The van der Waals surface area contributed by atoms with Crippen molar-refractivity contribution < 1.29 is 14.2 Å². The number of methoxy groups -OCH3 is 3. The van der Waals surface area contributed by atoms with E-state index in [2.05, 4.69) is 22.5 Å². The van der Waals surface area contributed by atoms with Gasteiger partial charge in [0.05, 0.1) is 21.3 Å². The molecule has 1 saturated carbocycles. The van der Waals surface area contributed by atoms with Gasteiger partial charge in [-0.15, -0.1) is 0 Å². The van der Waals surface area contributed by atoms with Crippen LogP contribution in [0.4, 0.5) is 0 Å². The van der Waals surface area contributed by atoms with Gasteiger partial charge in [0.25, 0.3) is 0 Å². The minimum Gasteiger partial charge on any atom is -0.496 e. The van der Waals surface area contributed by atoms with E-state index in [1.165, 1.54) is 6.42 Å². The summed E-state index contributed by atoms with van der Waals surface area (Å²) in [7, 11) is 6.72. The van der Waals surface area contributed by atoms with Gasteiger partial charge in [0.1, 0.15) is 17.2 Å². The van der Waals surface area contributed by atoms with Crippen LogP contribution < -0.4 is 24.8 Å². The Kier molecular flexibility index (Phi) is 5.96. The van der Waals surface area contributed by atoms with E-state index in [1.54, 1.807) is 28.4 Å². The summed E-state index contributed by atoms with van der Waals surface area (Å²) >= 11 is 0. The molecule has 0 amide bonds. The van der Waals surface area contributed by atoms with Gasteiger partial charge in [-0.2, -0.15) is 0 Å². The first kappa shape index (κ1) is 17.2. The molecule has 23 heavy (non-hydrogen) atoms. The first-order valence-corrected chi connectivity index (χ1v) is 7.89. The zero-order valence-electron chi connectivity index (χ0n) is 14.6. The van der Waals surface area contributed by atoms with E-state index in [0.717, 1.165) is 47.7 Å². The lowest BCUT2D eigenvalue weighted by Crippen LogP contribution is -2.40. The Hall–Kier alpha value is -2.11. The fourth-order valence-corrected chi connectivity index (χ4v) is 2.52. The number of rotatable bonds is 7. The van der Waals surface area contributed by atoms with Crippen LogP contribution in [0.1, 0.15) is 18.9 Å². The van der Waals surface area contributed by atoms with Crippen LogP contribution in [-0.4, -0.2) is 46.9 Å². The van der Waals surface area contributed by atoms with Crippen LogP contribution in [-0.2, 0) is 6.42 Å². The van der Waals surface area contributed by atoms with Crippen molar-refractivity contribution in [2.45, 2.75) is 25.8 Å². The van der Waals surface area contributed by atoms with Crippen LogP contribution in [0, 0.1) is 5.92 Å². The van der Waals surface area contributed by atoms with Crippen LogP contribution in [0.25, 0.3) is 0 Å². The Balaban J connectivity index is 1.98. The second kappa shape index (κ2) is 7.94. The van der Waals surface area contributed by atoms with Crippen molar-refractivity contribution >= 4 is 5.96 Å². The topological polar surface area (TPSA) is 64.1 Å². The number of nitrogens with zero attached hydrogens (tertiary/aromatic N) is 1. The zero-order chi connectivity index (χ0) is 16.8. The van der Waals surface area contributed by atoms with E-state index >= 15 is 0 Å². The second-order valence-corrected chi connectivity index (χ2v) is 5.72. The van der Waals surface area contributed by atoms with E-state index in [1.807, 2.05) is 12.1 Å². The van der Waals surface area contributed by atoms with Crippen LogP contribution in [0.5, 0.6) is 17.2 Å². The molecule has 128 valence electrons. The fourth-order valence-electron chi connectivity index (χ4n) is 2.52. The number of nitrogens with one attached hydrogen (secondary N) is 2. The third-order valence-electron chi connectivity index (χ3n) is 4.14. The third kappa shape index (κ3) is 4.43. The molecule has 0 bridgehead atoms. The lowest BCUT2D eigenvalue weighted by Gasteiger charge is -2.16. The molecule has 0 radical (unpaired) electrons. The van der Waals surface area contributed by atoms with Crippen molar-refractivity contribution in [1.29, 1.82) is 0 Å². The first-order valence-electron chi connectivity index (χ1n) is 7.89. The van der Waals surface area contributed by atoms with Crippen molar-refractivity contribution in [1.82, 2.24) is 10.6 Å². The summed E-state index contributed by atoms with van der Waals surface area (Å²) in [4.78, 5) is 4.26. The SMILES string of the molecule is CN=C(NCCc1c(OC)cc(OC)cc1OC)NC1CC1C. The first-order chi connectivity index (χ1) is 11.1. The molecule has 2 rings (SSSR count). The quantitative estimate of drug-likeness (QED) is 0.592. The number of benzene rings is 1. The highest BCUT2D eigenvalue weighted by molar-refractivity contribution is 5.80. The summed E-state index contributed by atoms with van der Waals surface area (Å²) in [5.74, 6) is 3.82. The lowest BCUT2D eigenvalue weighted by atomic mass is 10.1. The van der Waals surface area contributed by atoms with Gasteiger partial charge in [-0.05, 0) is 18.8 Å². The van der Waals surface area contributed by atoms with Gasteiger partial charge in [0.2, 0.25) is 0 Å². The van der Waals surface area contributed by atoms with E-state index in [-0.39, 0.29) is 0 Å². The molecular formula is C17H27N3O3. The molecule has 6 heteroatoms. The summed E-state index contributed by atoms with van der Waals surface area (Å²) in [5, 5.41) is 6.75. The summed E-state index contributed by atoms with van der Waals surface area (Å²) < 4.78 is 16.2. The Bertz CT molecular complexity index is 535. The van der Waals surface area contributed by atoms with E-state index in [0.29, 0.717) is 6.04 Å². The molecule has 1 fully saturated rings. The monoisotopic (exact) mass is 321 g/mol. The predicted octanol–water partition coefficient (Wildman–Crippen LogP) is 1.83. The minimum absolute atomic E-state index is 0.547. The van der Waals surface area contributed by atoms with Crippen molar-refractivity contribution in [3.05, 3.63) is 17.7 Å². The predicted molar refractivity (Wildman–Crippen MR) is 91.9 cm³/mol. The number of ether oxygens (including phenoxy) is 3. The maximum Gasteiger partial charge on any atom is 0.191 e. The molecule has 0 aromatic heterocycles. The molecule has 2 N–H and O–H groups in total. The highest BCUT2D eigenvalue weighted by Crippen LogP contribution is 2.34. The molecule has 1 aromatic rings. The summed E-state index contributed by atoms with van der Waals surface area (Å²) in [5.41, 5.74) is 1.01. The normalized spacial score (nSPS) is 20.0. The lowest BCUT2D eigenvalue weighted by molar-refractivity contribution is 0.368. The Morgan fingerprint density at radius 1 is 1.17 bits per heavy atom. The fraction of sp³-hybridized carbons (Fsp3) is 0.588. The number of hydrogen-bond acceptors (Lipinski definition) is 4. The molecule has 2 unspecified atom stereocenters. The summed E-state index contributed by atoms with van der Waals surface area (Å²) in [6, 6.07) is 4.29. The maximum atomic E-state index is 5.47. The largest absolute Gasteiger partial charge is 0.496 e. The van der Waals surface area contributed by atoms with Crippen LogP contribution >= 0.6 is 0 Å². The number of guanidine groups is 1. The molecule has 0 saturated heterocycles. The smallest absolute Gasteiger partial charge is 0.191 e. The van der Waals surface area contributed by atoms with Gasteiger partial charge in [0, 0.05) is 37.3 Å². The van der Waals surface area contributed by atoms with Gasteiger partial charge in [0.15, 0.2) is 5.96 Å². The Morgan fingerprint density at radius 2 is 1.78 bits per heavy atom. The minimum atomic E-state index is 0.547. The molecule has 1 aromatic carbocycles. The van der Waals surface area contributed by atoms with E-state index < -0.39 is 0 Å². The highest BCUT2D eigenvalue weighted by Gasteiger charge is 2.33.